The minimum Gasteiger partial charge on any atom is -0.497 e. The van der Waals surface area contributed by atoms with Crippen molar-refractivity contribution in [3.05, 3.63) is 23.3 Å². The highest BCUT2D eigenvalue weighted by Crippen LogP contribution is 2.38. The van der Waals surface area contributed by atoms with E-state index in [0.717, 1.165) is 41.9 Å². The lowest BCUT2D eigenvalue weighted by molar-refractivity contribution is 0.155. The smallest absolute Gasteiger partial charge is 0.126 e. The van der Waals surface area contributed by atoms with Crippen LogP contribution in [0.3, 0.4) is 0 Å². The van der Waals surface area contributed by atoms with Crippen LogP contribution in [0.2, 0.25) is 0 Å². The molecule has 0 aliphatic heterocycles. The summed E-state index contributed by atoms with van der Waals surface area (Å²) in [6.45, 7) is 0. The van der Waals surface area contributed by atoms with Gasteiger partial charge in [0.1, 0.15) is 11.5 Å². The molecule has 1 aliphatic carbocycles. The molecule has 3 nitrogen and oxygen atoms in total. The van der Waals surface area contributed by atoms with Gasteiger partial charge in [0.05, 0.1) is 20.3 Å². The lowest BCUT2D eigenvalue weighted by Gasteiger charge is -2.23. The van der Waals surface area contributed by atoms with Gasteiger partial charge in [-0.25, -0.2) is 0 Å². The fourth-order valence-corrected chi connectivity index (χ4v) is 2.13. The Labute approximate surface area is 89.6 Å². The lowest BCUT2D eigenvalue weighted by Crippen LogP contribution is -2.10. The Morgan fingerprint density at radius 2 is 2.07 bits per heavy atom. The summed E-state index contributed by atoms with van der Waals surface area (Å²) < 4.78 is 10.5. The van der Waals surface area contributed by atoms with Crippen molar-refractivity contribution in [1.29, 1.82) is 0 Å². The monoisotopic (exact) mass is 208 g/mol. The number of fused-ring (bicyclic) bond motifs is 1. The summed E-state index contributed by atoms with van der Waals surface area (Å²) in [5.41, 5.74) is 2.08. The first-order chi connectivity index (χ1) is 7.26. The molecular formula is C12H16O3. The van der Waals surface area contributed by atoms with Crippen LogP contribution < -0.4 is 9.47 Å². The molecule has 0 bridgehead atoms. The summed E-state index contributed by atoms with van der Waals surface area (Å²) in [6, 6.07) is 3.78. The fourth-order valence-electron chi connectivity index (χ4n) is 2.13. The number of aliphatic hydroxyl groups is 1. The van der Waals surface area contributed by atoms with Crippen LogP contribution in [0.4, 0.5) is 0 Å². The average Bonchev–Trinajstić information content (AvgIpc) is 2.28. The van der Waals surface area contributed by atoms with Crippen LogP contribution in [0.15, 0.2) is 12.1 Å². The molecule has 82 valence electrons. The van der Waals surface area contributed by atoms with E-state index < -0.39 is 0 Å². The molecule has 3 heteroatoms. The van der Waals surface area contributed by atoms with E-state index >= 15 is 0 Å². The Bertz CT molecular complexity index is 360. The predicted octanol–water partition coefficient (Wildman–Crippen LogP) is 2.07. The first-order valence-electron chi connectivity index (χ1n) is 5.19. The second kappa shape index (κ2) is 4.11. The normalized spacial score (nSPS) is 19.5. The van der Waals surface area contributed by atoms with Crippen molar-refractivity contribution < 1.29 is 14.6 Å². The van der Waals surface area contributed by atoms with Gasteiger partial charge >= 0.3 is 0 Å². The Morgan fingerprint density at radius 1 is 1.27 bits per heavy atom. The zero-order valence-corrected chi connectivity index (χ0v) is 9.12. The van der Waals surface area contributed by atoms with E-state index in [1.165, 1.54) is 0 Å². The largest absolute Gasteiger partial charge is 0.497 e. The fraction of sp³-hybridized carbons (Fsp3) is 0.500. The standard InChI is InChI=1S/C12H16O3/c1-14-8-6-10-9(12(7-8)15-2)4-3-5-11(10)13/h6-7,11,13H,3-5H2,1-2H3/t11-/m1/s1. The molecule has 0 saturated heterocycles. The molecule has 0 saturated carbocycles. The summed E-state index contributed by atoms with van der Waals surface area (Å²) in [6.07, 6.45) is 2.43. The van der Waals surface area contributed by atoms with Gasteiger partial charge in [-0.3, -0.25) is 0 Å². The maximum atomic E-state index is 9.89. The van der Waals surface area contributed by atoms with E-state index in [4.69, 9.17) is 9.47 Å². The van der Waals surface area contributed by atoms with Gasteiger partial charge in [0.25, 0.3) is 0 Å². The molecule has 0 amide bonds. The number of methoxy groups -OCH3 is 2. The van der Waals surface area contributed by atoms with E-state index in [1.807, 2.05) is 12.1 Å². The summed E-state index contributed by atoms with van der Waals surface area (Å²) in [5.74, 6) is 1.56. The molecule has 0 unspecified atom stereocenters. The van der Waals surface area contributed by atoms with Gasteiger partial charge in [0, 0.05) is 11.6 Å². The number of ether oxygens (including phenoxy) is 2. The molecule has 0 fully saturated rings. The second-order valence-electron chi connectivity index (χ2n) is 3.81. The second-order valence-corrected chi connectivity index (χ2v) is 3.81. The van der Waals surface area contributed by atoms with Crippen LogP contribution in [-0.4, -0.2) is 19.3 Å². The van der Waals surface area contributed by atoms with Gasteiger partial charge in [-0.1, -0.05) is 0 Å². The van der Waals surface area contributed by atoms with Crippen LogP contribution in [0.5, 0.6) is 11.5 Å². The third kappa shape index (κ3) is 1.79. The Kier molecular flexibility index (Phi) is 2.82. The molecule has 2 rings (SSSR count). The quantitative estimate of drug-likeness (QED) is 0.808. The van der Waals surface area contributed by atoms with Crippen molar-refractivity contribution in [2.45, 2.75) is 25.4 Å². The number of aliphatic hydroxyl groups excluding tert-OH is 1. The molecule has 1 aromatic carbocycles. The average molecular weight is 208 g/mol. The molecule has 1 aliphatic rings. The first-order valence-corrected chi connectivity index (χ1v) is 5.19. The molecule has 15 heavy (non-hydrogen) atoms. The third-order valence-electron chi connectivity index (χ3n) is 2.94. The van der Waals surface area contributed by atoms with Gasteiger partial charge < -0.3 is 14.6 Å². The number of rotatable bonds is 2. The third-order valence-corrected chi connectivity index (χ3v) is 2.94. The van der Waals surface area contributed by atoms with Crippen LogP contribution >= 0.6 is 0 Å². The van der Waals surface area contributed by atoms with Crippen molar-refractivity contribution in [3.8, 4) is 11.5 Å². The van der Waals surface area contributed by atoms with Gasteiger partial charge in [-0.15, -0.1) is 0 Å². The highest BCUT2D eigenvalue weighted by Gasteiger charge is 2.22. The molecule has 0 aromatic heterocycles. The van der Waals surface area contributed by atoms with E-state index in [1.54, 1.807) is 14.2 Å². The Hall–Kier alpha value is -1.22. The minimum atomic E-state index is -0.377. The van der Waals surface area contributed by atoms with Gasteiger partial charge in [0.15, 0.2) is 0 Å². The van der Waals surface area contributed by atoms with Crippen molar-refractivity contribution in [2.75, 3.05) is 14.2 Å². The summed E-state index contributed by atoms with van der Waals surface area (Å²) in [5, 5.41) is 9.89. The minimum absolute atomic E-state index is 0.377. The SMILES string of the molecule is COc1cc(OC)c2c(c1)[C@H](O)CCC2. The van der Waals surface area contributed by atoms with Crippen LogP contribution in [0, 0.1) is 0 Å². The molecule has 0 radical (unpaired) electrons. The van der Waals surface area contributed by atoms with Crippen LogP contribution in [0.1, 0.15) is 30.1 Å². The van der Waals surface area contributed by atoms with E-state index in [-0.39, 0.29) is 6.10 Å². The highest BCUT2D eigenvalue weighted by atomic mass is 16.5. The van der Waals surface area contributed by atoms with Crippen molar-refractivity contribution in [3.63, 3.8) is 0 Å². The maximum absolute atomic E-state index is 9.89. The molecule has 0 heterocycles. The van der Waals surface area contributed by atoms with E-state index in [9.17, 15) is 5.11 Å². The summed E-state index contributed by atoms with van der Waals surface area (Å²) >= 11 is 0. The van der Waals surface area contributed by atoms with Crippen molar-refractivity contribution in [2.24, 2.45) is 0 Å². The van der Waals surface area contributed by atoms with E-state index in [2.05, 4.69) is 0 Å². The van der Waals surface area contributed by atoms with Crippen molar-refractivity contribution >= 4 is 0 Å². The van der Waals surface area contributed by atoms with Gasteiger partial charge in [-0.05, 0) is 30.9 Å². The van der Waals surface area contributed by atoms with Crippen LogP contribution in [-0.2, 0) is 6.42 Å². The highest BCUT2D eigenvalue weighted by molar-refractivity contribution is 5.48. The van der Waals surface area contributed by atoms with Gasteiger partial charge in [0.2, 0.25) is 0 Å². The number of hydrogen-bond donors (Lipinski definition) is 1. The zero-order valence-electron chi connectivity index (χ0n) is 9.12. The number of benzene rings is 1. The lowest BCUT2D eigenvalue weighted by atomic mass is 9.88. The van der Waals surface area contributed by atoms with Gasteiger partial charge in [-0.2, -0.15) is 0 Å². The maximum Gasteiger partial charge on any atom is 0.126 e. The molecular weight excluding hydrogens is 192 g/mol. The topological polar surface area (TPSA) is 38.7 Å². The Morgan fingerprint density at radius 3 is 2.73 bits per heavy atom. The molecule has 1 atom stereocenters. The number of hydrogen-bond acceptors (Lipinski definition) is 3. The van der Waals surface area contributed by atoms with Crippen LogP contribution in [0.25, 0.3) is 0 Å². The van der Waals surface area contributed by atoms with Crippen molar-refractivity contribution in [1.82, 2.24) is 0 Å². The predicted molar refractivity (Wildman–Crippen MR) is 57.4 cm³/mol. The molecule has 1 N–H and O–H groups in total. The Balaban J connectivity index is 2.52. The first kappa shape index (κ1) is 10.3. The molecule has 1 aromatic rings. The summed E-state index contributed by atoms with van der Waals surface area (Å²) in [4.78, 5) is 0. The molecule has 0 spiro atoms. The summed E-state index contributed by atoms with van der Waals surface area (Å²) in [7, 11) is 3.27. The van der Waals surface area contributed by atoms with E-state index in [0.29, 0.717) is 0 Å². The zero-order chi connectivity index (χ0) is 10.8.